The van der Waals surface area contributed by atoms with Gasteiger partial charge in [0.05, 0.1) is 38.7 Å². The molecule has 33 heavy (non-hydrogen) atoms. The number of hydrogen-bond donors (Lipinski definition) is 2. The minimum atomic E-state index is -1.09. The molecule has 10 nitrogen and oxygen atoms in total. The third-order valence-electron chi connectivity index (χ3n) is 4.44. The largest absolute Gasteiger partial charge is 0.456 e. The van der Waals surface area contributed by atoms with Crippen molar-refractivity contribution in [2.45, 2.75) is 46.1 Å². The van der Waals surface area contributed by atoms with Gasteiger partial charge in [0.25, 0.3) is 0 Å². The fourth-order valence-electron chi connectivity index (χ4n) is 2.97. The van der Waals surface area contributed by atoms with Crippen LogP contribution in [0, 0.1) is 0 Å². The molecule has 3 aromatic rings. The van der Waals surface area contributed by atoms with Crippen LogP contribution in [0.25, 0.3) is 11.2 Å². The van der Waals surface area contributed by atoms with Crippen molar-refractivity contribution in [3.8, 4) is 5.75 Å². The minimum absolute atomic E-state index is 0.0938. The van der Waals surface area contributed by atoms with E-state index in [1.807, 2.05) is 41.8 Å². The van der Waals surface area contributed by atoms with Gasteiger partial charge in [-0.15, -0.1) is 0 Å². The summed E-state index contributed by atoms with van der Waals surface area (Å²) in [5.41, 5.74) is 7.14. The first kappa shape index (κ1) is 25.3. The number of nitrogens with two attached hydrogens (primary N) is 1. The molecule has 11 heteroatoms. The number of hydrogen-bond acceptors (Lipinski definition) is 9. The van der Waals surface area contributed by atoms with E-state index < -0.39 is 8.30 Å². The normalized spacial score (nSPS) is 15.7. The molecule has 1 fully saturated rings. The Labute approximate surface area is 195 Å². The average molecular weight is 477 g/mol. The molecule has 180 valence electrons. The molecule has 0 radical (unpaired) electrons. The van der Waals surface area contributed by atoms with Crippen molar-refractivity contribution in [3.63, 3.8) is 0 Å². The summed E-state index contributed by atoms with van der Waals surface area (Å²) in [6, 6.07) is 9.67. The van der Waals surface area contributed by atoms with Crippen LogP contribution in [-0.2, 0) is 20.8 Å². The first-order valence-electron chi connectivity index (χ1n) is 11.1. The topological polar surface area (TPSA) is 119 Å². The summed E-state index contributed by atoms with van der Waals surface area (Å²) in [4.78, 5) is 12.5. The standard InChI is InChI=1S/C19H25N6O4P.C3H8/c1-14(10-25-12-23-17-18(20)21-11-22-19(17)25)28-13-30(24-9-16-26-7-8-27-16)29-15-5-3-2-4-6-15;1-3-2/h2-6,11-12,14,16,24H,7-10,13H2,1H3,(H2,20,21,22);3H2,1-2H3. The second-order valence-electron chi connectivity index (χ2n) is 7.46. The Balaban J connectivity index is 0.000000968. The van der Waals surface area contributed by atoms with Crippen LogP contribution in [0.1, 0.15) is 27.2 Å². The summed E-state index contributed by atoms with van der Waals surface area (Å²) >= 11 is 0. The Morgan fingerprint density at radius 2 is 1.91 bits per heavy atom. The molecule has 0 amide bonds. The van der Waals surface area contributed by atoms with Crippen LogP contribution in [0.5, 0.6) is 5.75 Å². The Morgan fingerprint density at radius 1 is 1.18 bits per heavy atom. The molecule has 2 atom stereocenters. The lowest BCUT2D eigenvalue weighted by molar-refractivity contribution is -0.0358. The SMILES string of the molecule is CC(Cn1cnc2c(N)ncnc21)OCP(NCC1OCCO1)Oc1ccccc1.CCC. The molecule has 0 saturated carbocycles. The van der Waals surface area contributed by atoms with Gasteiger partial charge in [0.15, 0.2) is 26.1 Å². The Kier molecular flexibility index (Phi) is 10.2. The van der Waals surface area contributed by atoms with Gasteiger partial charge in [-0.3, -0.25) is 5.09 Å². The molecule has 2 aromatic heterocycles. The zero-order valence-electron chi connectivity index (χ0n) is 19.4. The van der Waals surface area contributed by atoms with Crippen LogP contribution < -0.4 is 15.3 Å². The summed E-state index contributed by atoms with van der Waals surface area (Å²) in [6.45, 7) is 8.60. The highest BCUT2D eigenvalue weighted by molar-refractivity contribution is 7.50. The van der Waals surface area contributed by atoms with Crippen molar-refractivity contribution in [2.24, 2.45) is 0 Å². The van der Waals surface area contributed by atoms with Crippen LogP contribution in [0.2, 0.25) is 0 Å². The fraction of sp³-hybridized carbons (Fsp3) is 0.500. The van der Waals surface area contributed by atoms with Crippen molar-refractivity contribution in [1.29, 1.82) is 0 Å². The second kappa shape index (κ2) is 13.4. The molecule has 1 aliphatic rings. The van der Waals surface area contributed by atoms with Gasteiger partial charge < -0.3 is 29.0 Å². The molecule has 1 aliphatic heterocycles. The second-order valence-corrected chi connectivity index (χ2v) is 8.97. The van der Waals surface area contributed by atoms with Gasteiger partial charge in [-0.25, -0.2) is 15.0 Å². The smallest absolute Gasteiger partial charge is 0.188 e. The van der Waals surface area contributed by atoms with Gasteiger partial charge >= 0.3 is 0 Å². The average Bonchev–Trinajstić information content (AvgIpc) is 3.48. The van der Waals surface area contributed by atoms with Gasteiger partial charge in [0.2, 0.25) is 0 Å². The van der Waals surface area contributed by atoms with Gasteiger partial charge in [0, 0.05) is 0 Å². The number of fused-ring (bicyclic) bond motifs is 1. The van der Waals surface area contributed by atoms with Crippen molar-refractivity contribution < 1.29 is 18.7 Å². The van der Waals surface area contributed by atoms with Crippen molar-refractivity contribution >= 4 is 25.3 Å². The number of rotatable bonds is 10. The van der Waals surface area contributed by atoms with Gasteiger partial charge in [-0.1, -0.05) is 38.5 Å². The maximum atomic E-state index is 6.11. The van der Waals surface area contributed by atoms with Crippen LogP contribution in [0.15, 0.2) is 43.0 Å². The van der Waals surface area contributed by atoms with Crippen molar-refractivity contribution in [2.75, 3.05) is 31.8 Å². The predicted molar refractivity (Wildman–Crippen MR) is 129 cm³/mol. The molecule has 0 spiro atoms. The number of nitrogens with zero attached hydrogens (tertiary/aromatic N) is 4. The lowest BCUT2D eigenvalue weighted by Gasteiger charge is -2.23. The summed E-state index contributed by atoms with van der Waals surface area (Å²) in [5.74, 6) is 1.15. The number of nitrogens with one attached hydrogen (secondary N) is 1. The van der Waals surface area contributed by atoms with E-state index in [0.29, 0.717) is 49.6 Å². The lowest BCUT2D eigenvalue weighted by Crippen LogP contribution is -2.27. The van der Waals surface area contributed by atoms with E-state index in [0.717, 1.165) is 5.75 Å². The molecule has 3 N–H and O–H groups in total. The fourth-order valence-corrected chi connectivity index (χ4v) is 4.30. The minimum Gasteiger partial charge on any atom is -0.456 e. The number of aromatic nitrogens is 4. The molecular formula is C22H33N6O4P. The predicted octanol–water partition coefficient (Wildman–Crippen LogP) is 3.54. The number of anilines is 1. The molecule has 0 aliphatic carbocycles. The Hall–Kier alpha value is -2.36. The quantitative estimate of drug-likeness (QED) is 0.424. The summed E-state index contributed by atoms with van der Waals surface area (Å²) in [5, 5.41) is 3.37. The lowest BCUT2D eigenvalue weighted by atomic mass is 10.3. The van der Waals surface area contributed by atoms with Crippen LogP contribution in [0.4, 0.5) is 5.82 Å². The van der Waals surface area contributed by atoms with Crippen LogP contribution in [0.3, 0.4) is 0 Å². The Bertz CT molecular complexity index is 954. The molecule has 2 unspecified atom stereocenters. The highest BCUT2D eigenvalue weighted by Gasteiger charge is 2.20. The van der Waals surface area contributed by atoms with Crippen molar-refractivity contribution in [1.82, 2.24) is 24.6 Å². The van der Waals surface area contributed by atoms with Crippen LogP contribution in [-0.4, -0.2) is 58.0 Å². The zero-order valence-corrected chi connectivity index (χ0v) is 20.3. The van der Waals surface area contributed by atoms with Crippen molar-refractivity contribution in [3.05, 3.63) is 43.0 Å². The highest BCUT2D eigenvalue weighted by Crippen LogP contribution is 2.34. The molecule has 1 saturated heterocycles. The maximum absolute atomic E-state index is 6.11. The molecule has 3 heterocycles. The third kappa shape index (κ3) is 7.87. The van der Waals surface area contributed by atoms with E-state index in [-0.39, 0.29) is 12.4 Å². The number of ether oxygens (including phenoxy) is 3. The first-order valence-corrected chi connectivity index (χ1v) is 12.5. The summed E-state index contributed by atoms with van der Waals surface area (Å²) < 4.78 is 25.1. The van der Waals surface area contributed by atoms with Gasteiger partial charge in [-0.05, 0) is 19.1 Å². The zero-order chi connectivity index (χ0) is 23.5. The van der Waals surface area contributed by atoms with Crippen LogP contribution >= 0.6 is 8.30 Å². The summed E-state index contributed by atoms with van der Waals surface area (Å²) in [6.07, 6.45) is 4.44. The first-order chi connectivity index (χ1) is 16.1. The maximum Gasteiger partial charge on any atom is 0.188 e. The highest BCUT2D eigenvalue weighted by atomic mass is 31.2. The number of para-hydroxylation sites is 1. The molecule has 0 bridgehead atoms. The number of nitrogen functional groups attached to an aromatic ring is 1. The number of benzene rings is 1. The van der Waals surface area contributed by atoms with Gasteiger partial charge in [-0.2, -0.15) is 0 Å². The van der Waals surface area contributed by atoms with E-state index in [1.54, 1.807) is 6.33 Å². The van der Waals surface area contributed by atoms with E-state index in [1.165, 1.54) is 12.7 Å². The van der Waals surface area contributed by atoms with E-state index >= 15 is 0 Å². The van der Waals surface area contributed by atoms with E-state index in [4.69, 9.17) is 24.5 Å². The van der Waals surface area contributed by atoms with E-state index in [2.05, 4.69) is 33.9 Å². The monoisotopic (exact) mass is 476 g/mol. The molecule has 4 rings (SSSR count). The molecular weight excluding hydrogens is 443 g/mol. The third-order valence-corrected chi connectivity index (χ3v) is 5.79. The molecule has 1 aromatic carbocycles. The Morgan fingerprint density at radius 3 is 2.64 bits per heavy atom. The van der Waals surface area contributed by atoms with E-state index in [9.17, 15) is 0 Å². The summed E-state index contributed by atoms with van der Waals surface area (Å²) in [7, 11) is -1.09. The number of imidazole rings is 1. The van der Waals surface area contributed by atoms with Gasteiger partial charge in [0.1, 0.15) is 23.9 Å².